The summed E-state index contributed by atoms with van der Waals surface area (Å²) in [4.78, 5) is 9.33. The Morgan fingerprint density at radius 1 is 1.50 bits per heavy atom. The number of nitriles is 1. The minimum absolute atomic E-state index is 0.207. The molecule has 1 rings (SSSR count). The molecule has 0 atom stereocenters. The van der Waals surface area contributed by atoms with Crippen molar-refractivity contribution in [3.8, 4) is 6.07 Å². The van der Waals surface area contributed by atoms with Gasteiger partial charge in [-0.2, -0.15) is 5.26 Å². The zero-order chi connectivity index (χ0) is 12.5. The van der Waals surface area contributed by atoms with Gasteiger partial charge in [-0.05, 0) is 22.0 Å². The quantitative estimate of drug-likeness (QED) is 0.471. The first kappa shape index (κ1) is 12.9. The van der Waals surface area contributed by atoms with Crippen molar-refractivity contribution in [2.45, 2.75) is 4.90 Å². The molecule has 0 spiro atoms. The Morgan fingerprint density at radius 2 is 2.06 bits per heavy atom. The fourth-order valence-corrected chi connectivity index (χ4v) is 2.71. The van der Waals surface area contributed by atoms with Crippen LogP contribution in [-0.2, 0) is 9.05 Å². The topological polar surface area (TPSA) is 101 Å². The monoisotopic (exact) mass is 324 g/mol. The molecular formula is C7H2BrClN2O4S. The maximum absolute atomic E-state index is 11.1. The Kier molecular flexibility index (Phi) is 3.52. The summed E-state index contributed by atoms with van der Waals surface area (Å²) in [7, 11) is 0.963. The highest BCUT2D eigenvalue weighted by Crippen LogP contribution is 2.33. The number of hydrogen-bond donors (Lipinski definition) is 0. The highest BCUT2D eigenvalue weighted by molar-refractivity contribution is 9.10. The minimum Gasteiger partial charge on any atom is -0.258 e. The summed E-state index contributed by atoms with van der Waals surface area (Å²) in [5.74, 6) is 0. The van der Waals surface area contributed by atoms with E-state index in [1.807, 2.05) is 0 Å². The van der Waals surface area contributed by atoms with Crippen molar-refractivity contribution in [2.75, 3.05) is 0 Å². The van der Waals surface area contributed by atoms with E-state index in [0.717, 1.165) is 12.1 Å². The zero-order valence-corrected chi connectivity index (χ0v) is 10.5. The molecule has 0 aliphatic carbocycles. The first-order valence-electron chi connectivity index (χ1n) is 3.60. The molecule has 0 aliphatic heterocycles. The van der Waals surface area contributed by atoms with Crippen LogP contribution in [0.5, 0.6) is 0 Å². The first-order chi connectivity index (χ1) is 7.29. The van der Waals surface area contributed by atoms with Crippen molar-refractivity contribution < 1.29 is 13.3 Å². The second kappa shape index (κ2) is 4.37. The average Bonchev–Trinajstić information content (AvgIpc) is 2.15. The van der Waals surface area contributed by atoms with Gasteiger partial charge in [-0.3, -0.25) is 10.1 Å². The lowest BCUT2D eigenvalue weighted by Gasteiger charge is -2.02. The minimum atomic E-state index is -4.11. The fraction of sp³-hybridized carbons (Fsp3) is 0. The van der Waals surface area contributed by atoms with E-state index in [4.69, 9.17) is 15.9 Å². The molecule has 0 amide bonds. The van der Waals surface area contributed by atoms with E-state index >= 15 is 0 Å². The molecule has 0 saturated heterocycles. The van der Waals surface area contributed by atoms with Crippen LogP contribution in [-0.4, -0.2) is 13.3 Å². The Hall–Kier alpha value is -1.17. The third-order valence-electron chi connectivity index (χ3n) is 1.65. The summed E-state index contributed by atoms with van der Waals surface area (Å²) in [6.45, 7) is 0. The summed E-state index contributed by atoms with van der Waals surface area (Å²) < 4.78 is 21.9. The van der Waals surface area contributed by atoms with Crippen LogP contribution in [0.2, 0.25) is 0 Å². The second-order valence-corrected chi connectivity index (χ2v) is 5.91. The summed E-state index contributed by atoms with van der Waals surface area (Å²) >= 11 is 2.80. The molecule has 0 heterocycles. The molecule has 0 aromatic heterocycles. The molecule has 6 nitrogen and oxygen atoms in total. The molecule has 0 unspecified atom stereocenters. The summed E-state index contributed by atoms with van der Waals surface area (Å²) in [5.41, 5.74) is -0.787. The molecule has 0 fully saturated rings. The number of hydrogen-bond acceptors (Lipinski definition) is 5. The number of nitro groups is 1. The van der Waals surface area contributed by atoms with Gasteiger partial charge in [0.05, 0.1) is 10.5 Å². The molecule has 84 valence electrons. The van der Waals surface area contributed by atoms with Crippen molar-refractivity contribution in [3.05, 3.63) is 32.3 Å². The second-order valence-electron chi connectivity index (χ2n) is 2.58. The van der Waals surface area contributed by atoms with E-state index in [-0.39, 0.29) is 10.0 Å². The maximum Gasteiger partial charge on any atom is 0.284 e. The molecule has 0 N–H and O–H groups in total. The zero-order valence-electron chi connectivity index (χ0n) is 7.35. The van der Waals surface area contributed by atoms with Crippen molar-refractivity contribution in [1.29, 1.82) is 5.26 Å². The standard InChI is InChI=1S/C7H2BrClN2O4S/c8-7-4(3-10)6(16(9,14)15)2-1-5(7)11(12)13/h1-2H. The number of nitrogens with zero attached hydrogens (tertiary/aromatic N) is 2. The maximum atomic E-state index is 11.1. The van der Waals surface area contributed by atoms with Gasteiger partial charge in [-0.15, -0.1) is 0 Å². The van der Waals surface area contributed by atoms with Crippen molar-refractivity contribution in [1.82, 2.24) is 0 Å². The molecule has 16 heavy (non-hydrogen) atoms. The molecule has 0 saturated carbocycles. The van der Waals surface area contributed by atoms with Crippen LogP contribution in [0, 0.1) is 21.4 Å². The van der Waals surface area contributed by atoms with Crippen LogP contribution in [0.25, 0.3) is 0 Å². The van der Waals surface area contributed by atoms with Gasteiger partial charge in [0.2, 0.25) is 0 Å². The van der Waals surface area contributed by atoms with Gasteiger partial charge >= 0.3 is 0 Å². The molecule has 9 heteroatoms. The van der Waals surface area contributed by atoms with Crippen LogP contribution < -0.4 is 0 Å². The lowest BCUT2D eigenvalue weighted by molar-refractivity contribution is -0.385. The Morgan fingerprint density at radius 3 is 2.44 bits per heavy atom. The first-order valence-corrected chi connectivity index (χ1v) is 6.71. The van der Waals surface area contributed by atoms with E-state index in [0.29, 0.717) is 0 Å². The molecule has 0 radical (unpaired) electrons. The van der Waals surface area contributed by atoms with Gasteiger partial charge in [0, 0.05) is 16.7 Å². The normalized spacial score (nSPS) is 10.8. The van der Waals surface area contributed by atoms with Crippen LogP contribution in [0.15, 0.2) is 21.5 Å². The van der Waals surface area contributed by atoms with Gasteiger partial charge < -0.3 is 0 Å². The molecular weight excluding hydrogens is 324 g/mol. The SMILES string of the molecule is N#Cc1c(S(=O)(=O)Cl)ccc([N+](=O)[O-])c1Br. The van der Waals surface area contributed by atoms with E-state index in [9.17, 15) is 18.5 Å². The molecule has 1 aromatic rings. The smallest absolute Gasteiger partial charge is 0.258 e. The van der Waals surface area contributed by atoms with Crippen LogP contribution in [0.1, 0.15) is 5.56 Å². The van der Waals surface area contributed by atoms with E-state index in [1.54, 1.807) is 6.07 Å². The third kappa shape index (κ3) is 2.32. The summed E-state index contributed by atoms with van der Waals surface area (Å²) in [6.07, 6.45) is 0. The van der Waals surface area contributed by atoms with Gasteiger partial charge in [0.25, 0.3) is 14.7 Å². The van der Waals surface area contributed by atoms with Crippen molar-refractivity contribution in [2.24, 2.45) is 0 Å². The van der Waals surface area contributed by atoms with Crippen LogP contribution in [0.4, 0.5) is 5.69 Å². The van der Waals surface area contributed by atoms with Crippen LogP contribution in [0.3, 0.4) is 0 Å². The van der Waals surface area contributed by atoms with Crippen molar-refractivity contribution in [3.63, 3.8) is 0 Å². The number of rotatable bonds is 2. The van der Waals surface area contributed by atoms with E-state index in [1.165, 1.54) is 0 Å². The molecule has 1 aromatic carbocycles. The highest BCUT2D eigenvalue weighted by Gasteiger charge is 2.24. The Labute approximate surface area is 103 Å². The number of nitro benzene ring substituents is 1. The lowest BCUT2D eigenvalue weighted by Crippen LogP contribution is -1.99. The van der Waals surface area contributed by atoms with Gasteiger partial charge in [-0.25, -0.2) is 8.42 Å². The predicted octanol–water partition coefficient (Wildman–Crippen LogP) is 2.16. The predicted molar refractivity (Wildman–Crippen MR) is 58.6 cm³/mol. The molecule has 0 aliphatic rings. The van der Waals surface area contributed by atoms with E-state index in [2.05, 4.69) is 15.9 Å². The van der Waals surface area contributed by atoms with Crippen LogP contribution >= 0.6 is 26.6 Å². The lowest BCUT2D eigenvalue weighted by atomic mass is 10.2. The number of halogens is 2. The Bertz CT molecular complexity index is 608. The largest absolute Gasteiger partial charge is 0.284 e. The van der Waals surface area contributed by atoms with E-state index < -0.39 is 24.6 Å². The van der Waals surface area contributed by atoms with Gasteiger partial charge in [-0.1, -0.05) is 0 Å². The summed E-state index contributed by atoms with van der Waals surface area (Å²) in [6, 6.07) is 3.43. The van der Waals surface area contributed by atoms with Gasteiger partial charge in [0.1, 0.15) is 15.4 Å². The molecule has 0 bridgehead atoms. The average molecular weight is 326 g/mol. The fourth-order valence-electron chi connectivity index (χ4n) is 0.996. The number of benzene rings is 1. The third-order valence-corrected chi connectivity index (χ3v) is 3.82. The Balaban J connectivity index is 3.69. The van der Waals surface area contributed by atoms with Crippen molar-refractivity contribution >= 4 is 41.4 Å². The summed E-state index contributed by atoms with van der Waals surface area (Å²) in [5, 5.41) is 19.3. The highest BCUT2D eigenvalue weighted by atomic mass is 79.9. The van der Waals surface area contributed by atoms with Gasteiger partial charge in [0.15, 0.2) is 0 Å².